The number of hydrogen-bond acceptors (Lipinski definition) is 6. The molecule has 1 fully saturated rings. The Morgan fingerprint density at radius 2 is 2.33 bits per heavy atom. The molecule has 0 spiro atoms. The fraction of sp³-hybridized carbons (Fsp3) is 0.429. The molecule has 1 aliphatic rings. The van der Waals surface area contributed by atoms with E-state index in [1.807, 2.05) is 0 Å². The van der Waals surface area contributed by atoms with Crippen LogP contribution in [0.25, 0.3) is 0 Å². The molecule has 1 aliphatic heterocycles. The van der Waals surface area contributed by atoms with Crippen molar-refractivity contribution in [2.75, 3.05) is 32.8 Å². The third-order valence-corrected chi connectivity index (χ3v) is 3.67. The molecule has 0 bridgehead atoms. The molecule has 2 amide bonds. The van der Waals surface area contributed by atoms with E-state index in [2.05, 4.69) is 25.5 Å². The number of hydrogen-bond donors (Lipinski definition) is 4. The van der Waals surface area contributed by atoms with Crippen LogP contribution < -0.4 is 5.32 Å². The van der Waals surface area contributed by atoms with E-state index < -0.39 is 11.5 Å². The average molecular weight is 334 g/mol. The second-order valence-electron chi connectivity index (χ2n) is 5.59. The number of β-amino-alcohol motifs (C(OH)–C–C–N with tert-alkyl or cyclic N) is 1. The maximum atomic E-state index is 12.4. The molecule has 10 heteroatoms. The number of ether oxygens (including phenoxy) is 1. The number of amides is 2. The lowest BCUT2D eigenvalue weighted by molar-refractivity contribution is -0.0325. The van der Waals surface area contributed by atoms with E-state index in [4.69, 9.17) is 4.74 Å². The molecular formula is C14H18N6O4. The summed E-state index contributed by atoms with van der Waals surface area (Å²) in [4.78, 5) is 32.5. The molecule has 1 saturated heterocycles. The van der Waals surface area contributed by atoms with Crippen molar-refractivity contribution >= 4 is 11.8 Å². The Kier molecular flexibility index (Phi) is 4.58. The van der Waals surface area contributed by atoms with Crippen molar-refractivity contribution in [2.45, 2.75) is 5.60 Å². The second-order valence-corrected chi connectivity index (χ2v) is 5.59. The first-order chi connectivity index (χ1) is 11.6. The Labute approximate surface area is 137 Å². The highest BCUT2D eigenvalue weighted by Gasteiger charge is 2.35. The van der Waals surface area contributed by atoms with Crippen molar-refractivity contribution in [3.05, 3.63) is 36.2 Å². The van der Waals surface area contributed by atoms with E-state index >= 15 is 0 Å². The summed E-state index contributed by atoms with van der Waals surface area (Å²) in [5, 5.41) is 19.6. The van der Waals surface area contributed by atoms with Crippen LogP contribution in [0.4, 0.5) is 0 Å². The van der Waals surface area contributed by atoms with Crippen molar-refractivity contribution < 1.29 is 19.4 Å². The first-order valence-corrected chi connectivity index (χ1v) is 7.44. The Balaban J connectivity index is 1.64. The first-order valence-electron chi connectivity index (χ1n) is 7.44. The molecule has 2 aromatic rings. The summed E-state index contributed by atoms with van der Waals surface area (Å²) in [7, 11) is 0. The summed E-state index contributed by atoms with van der Waals surface area (Å²) in [6.45, 7) is 0.598. The summed E-state index contributed by atoms with van der Waals surface area (Å²) >= 11 is 0. The van der Waals surface area contributed by atoms with Gasteiger partial charge in [-0.05, 0) is 6.07 Å². The predicted octanol–water partition coefficient (Wildman–Crippen LogP) is -1.23. The van der Waals surface area contributed by atoms with Crippen molar-refractivity contribution in [1.29, 1.82) is 0 Å². The van der Waals surface area contributed by atoms with Crippen LogP contribution in [0.1, 0.15) is 21.1 Å². The van der Waals surface area contributed by atoms with Crippen LogP contribution in [0.3, 0.4) is 0 Å². The standard InChI is InChI=1S/C14H18N6O4/c21-12(10-1-2-18-19-10)17-7-14(23)8-20(5-6-24-9-14)13(22)11-15-3-4-16-11/h1-4,23H,5-9H2,(H,15,16)(H,17,21)(H,18,19)/t14-/m1/s1. The van der Waals surface area contributed by atoms with Gasteiger partial charge in [0, 0.05) is 25.1 Å². The monoisotopic (exact) mass is 334 g/mol. The highest BCUT2D eigenvalue weighted by Crippen LogP contribution is 2.14. The van der Waals surface area contributed by atoms with Crippen molar-refractivity contribution in [3.63, 3.8) is 0 Å². The molecule has 3 rings (SSSR count). The van der Waals surface area contributed by atoms with Gasteiger partial charge in [0.2, 0.25) is 0 Å². The topological polar surface area (TPSA) is 136 Å². The molecule has 0 aromatic carbocycles. The van der Waals surface area contributed by atoms with Gasteiger partial charge in [-0.25, -0.2) is 4.98 Å². The van der Waals surface area contributed by atoms with Crippen molar-refractivity contribution in [3.8, 4) is 0 Å². The van der Waals surface area contributed by atoms with Crippen molar-refractivity contribution in [1.82, 2.24) is 30.4 Å². The number of imidazole rings is 1. The molecule has 2 aromatic heterocycles. The molecule has 24 heavy (non-hydrogen) atoms. The van der Waals surface area contributed by atoms with E-state index in [-0.39, 0.29) is 37.1 Å². The van der Waals surface area contributed by atoms with Crippen LogP contribution in [0, 0.1) is 0 Å². The molecule has 128 valence electrons. The van der Waals surface area contributed by atoms with Gasteiger partial charge in [0.05, 0.1) is 26.3 Å². The Bertz CT molecular complexity index is 686. The number of nitrogens with zero attached hydrogens (tertiary/aromatic N) is 3. The third kappa shape index (κ3) is 3.60. The maximum Gasteiger partial charge on any atom is 0.289 e. The zero-order chi connectivity index (χ0) is 17.0. The highest BCUT2D eigenvalue weighted by molar-refractivity contribution is 5.92. The summed E-state index contributed by atoms with van der Waals surface area (Å²) in [6.07, 6.45) is 4.50. The van der Waals surface area contributed by atoms with Crippen LogP contribution in [0.5, 0.6) is 0 Å². The molecule has 3 heterocycles. The van der Waals surface area contributed by atoms with Crippen LogP contribution in [-0.2, 0) is 4.74 Å². The summed E-state index contributed by atoms with van der Waals surface area (Å²) < 4.78 is 5.38. The minimum atomic E-state index is -1.39. The molecule has 4 N–H and O–H groups in total. The van der Waals surface area contributed by atoms with Crippen LogP contribution in [-0.4, -0.2) is 80.4 Å². The smallest absolute Gasteiger partial charge is 0.289 e. The number of aromatic nitrogens is 4. The van der Waals surface area contributed by atoms with Gasteiger partial charge in [0.15, 0.2) is 5.82 Å². The summed E-state index contributed by atoms with van der Waals surface area (Å²) in [5.41, 5.74) is -1.11. The number of aromatic amines is 2. The predicted molar refractivity (Wildman–Crippen MR) is 81.2 cm³/mol. The zero-order valence-corrected chi connectivity index (χ0v) is 12.9. The van der Waals surface area contributed by atoms with Gasteiger partial charge in [-0.15, -0.1) is 0 Å². The molecule has 0 radical (unpaired) electrons. The van der Waals surface area contributed by atoms with Gasteiger partial charge >= 0.3 is 0 Å². The molecule has 0 unspecified atom stereocenters. The minimum Gasteiger partial charge on any atom is -0.384 e. The summed E-state index contributed by atoms with van der Waals surface area (Å²) in [6, 6.07) is 1.52. The first kappa shape index (κ1) is 16.1. The number of nitrogens with one attached hydrogen (secondary N) is 3. The van der Waals surface area contributed by atoms with Gasteiger partial charge in [-0.3, -0.25) is 14.7 Å². The van der Waals surface area contributed by atoms with E-state index in [0.717, 1.165) is 0 Å². The Morgan fingerprint density at radius 1 is 1.46 bits per heavy atom. The zero-order valence-electron chi connectivity index (χ0n) is 12.9. The quantitative estimate of drug-likeness (QED) is 0.552. The van der Waals surface area contributed by atoms with Crippen molar-refractivity contribution in [2.24, 2.45) is 0 Å². The minimum absolute atomic E-state index is 0.0121. The van der Waals surface area contributed by atoms with Gasteiger partial charge in [0.1, 0.15) is 11.3 Å². The maximum absolute atomic E-state index is 12.4. The molecule has 1 atom stereocenters. The lowest BCUT2D eigenvalue weighted by Crippen LogP contribution is -2.53. The van der Waals surface area contributed by atoms with Crippen LogP contribution in [0.2, 0.25) is 0 Å². The van der Waals surface area contributed by atoms with Gasteiger partial charge in [-0.1, -0.05) is 0 Å². The number of carbonyl (C=O) groups excluding carboxylic acids is 2. The fourth-order valence-electron chi connectivity index (χ4n) is 2.45. The fourth-order valence-corrected chi connectivity index (χ4v) is 2.45. The van der Waals surface area contributed by atoms with E-state index in [1.54, 1.807) is 6.20 Å². The SMILES string of the molecule is O=C(NC[C@]1(O)COCCN(C(=O)c2ncc[nH]2)C1)c1ccn[nH]1. The molecule has 10 nitrogen and oxygen atoms in total. The summed E-state index contributed by atoms with van der Waals surface area (Å²) in [5.74, 6) is -0.529. The number of aliphatic hydroxyl groups is 1. The number of H-pyrrole nitrogens is 2. The molecular weight excluding hydrogens is 316 g/mol. The van der Waals surface area contributed by atoms with E-state index in [0.29, 0.717) is 13.2 Å². The van der Waals surface area contributed by atoms with E-state index in [1.165, 1.54) is 23.4 Å². The normalized spacial score (nSPS) is 21.3. The number of carbonyl (C=O) groups is 2. The van der Waals surface area contributed by atoms with Gasteiger partial charge < -0.3 is 25.0 Å². The van der Waals surface area contributed by atoms with Crippen LogP contribution in [0.15, 0.2) is 24.7 Å². The molecule has 0 saturated carbocycles. The lowest BCUT2D eigenvalue weighted by atomic mass is 10.0. The second kappa shape index (κ2) is 6.81. The Hall–Kier alpha value is -2.72. The van der Waals surface area contributed by atoms with Crippen LogP contribution >= 0.6 is 0 Å². The Morgan fingerprint density at radius 3 is 3.04 bits per heavy atom. The van der Waals surface area contributed by atoms with Gasteiger partial charge in [-0.2, -0.15) is 5.10 Å². The number of rotatable bonds is 4. The average Bonchev–Trinajstić information content (AvgIpc) is 3.25. The lowest BCUT2D eigenvalue weighted by Gasteiger charge is -2.30. The molecule has 0 aliphatic carbocycles. The van der Waals surface area contributed by atoms with E-state index in [9.17, 15) is 14.7 Å². The third-order valence-electron chi connectivity index (χ3n) is 3.67. The van der Waals surface area contributed by atoms with Gasteiger partial charge in [0.25, 0.3) is 11.8 Å². The largest absolute Gasteiger partial charge is 0.384 e. The highest BCUT2D eigenvalue weighted by atomic mass is 16.5.